The summed E-state index contributed by atoms with van der Waals surface area (Å²) in [5.41, 5.74) is 5.85. The highest BCUT2D eigenvalue weighted by molar-refractivity contribution is 5.91. The minimum absolute atomic E-state index is 0.120. The molecule has 136 valence electrons. The van der Waals surface area contributed by atoms with Crippen LogP contribution in [0.4, 0.5) is 0 Å². The quantitative estimate of drug-likeness (QED) is 0.361. The standard InChI is InChI=1S/C16H22N4O5/c1-10(19-14(22)9-18-13(21)8-17)15(23)20-12(16(24)25)7-11-5-3-2-4-6-11/h2-6,10,12H,7-9,17H2,1H3,(H,18,21)(H,19,22)(H,20,23)(H,24,25). The normalized spacial score (nSPS) is 12.6. The fourth-order valence-electron chi connectivity index (χ4n) is 1.96. The van der Waals surface area contributed by atoms with E-state index < -0.39 is 35.8 Å². The van der Waals surface area contributed by atoms with Crippen molar-refractivity contribution < 1.29 is 24.3 Å². The first kappa shape index (κ1) is 20.1. The number of aliphatic carboxylic acids is 1. The topological polar surface area (TPSA) is 151 Å². The van der Waals surface area contributed by atoms with Crippen LogP contribution in [0.1, 0.15) is 12.5 Å². The Balaban J connectivity index is 2.54. The molecule has 0 aromatic heterocycles. The van der Waals surface area contributed by atoms with Crippen LogP contribution in [0.5, 0.6) is 0 Å². The fraction of sp³-hybridized carbons (Fsp3) is 0.375. The molecule has 0 fully saturated rings. The van der Waals surface area contributed by atoms with Gasteiger partial charge in [0.25, 0.3) is 0 Å². The summed E-state index contributed by atoms with van der Waals surface area (Å²) in [6.07, 6.45) is 0.120. The molecule has 2 unspecified atom stereocenters. The third-order valence-corrected chi connectivity index (χ3v) is 3.30. The van der Waals surface area contributed by atoms with Gasteiger partial charge in [-0.15, -0.1) is 0 Å². The molecule has 25 heavy (non-hydrogen) atoms. The molecule has 3 amide bonds. The number of rotatable bonds is 9. The second kappa shape index (κ2) is 10.0. The van der Waals surface area contributed by atoms with Crippen LogP contribution in [0.15, 0.2) is 30.3 Å². The molecule has 1 rings (SSSR count). The van der Waals surface area contributed by atoms with Gasteiger partial charge in [-0.3, -0.25) is 14.4 Å². The smallest absolute Gasteiger partial charge is 0.326 e. The zero-order valence-electron chi connectivity index (χ0n) is 13.8. The Morgan fingerprint density at radius 2 is 1.72 bits per heavy atom. The van der Waals surface area contributed by atoms with Gasteiger partial charge in [-0.25, -0.2) is 4.79 Å². The van der Waals surface area contributed by atoms with E-state index in [1.807, 2.05) is 0 Å². The Bertz CT molecular complexity index is 620. The van der Waals surface area contributed by atoms with Gasteiger partial charge in [-0.1, -0.05) is 30.3 Å². The number of amides is 3. The molecule has 0 spiro atoms. The Kier molecular flexibility index (Phi) is 8.07. The van der Waals surface area contributed by atoms with Crippen molar-refractivity contribution in [3.05, 3.63) is 35.9 Å². The molecule has 2 atom stereocenters. The molecule has 1 aromatic rings. The van der Waals surface area contributed by atoms with Gasteiger partial charge >= 0.3 is 5.97 Å². The summed E-state index contributed by atoms with van der Waals surface area (Å²) in [7, 11) is 0. The maximum Gasteiger partial charge on any atom is 0.326 e. The molecule has 0 heterocycles. The predicted molar refractivity (Wildman–Crippen MR) is 89.4 cm³/mol. The lowest BCUT2D eigenvalue weighted by Crippen LogP contribution is -2.52. The van der Waals surface area contributed by atoms with Crippen molar-refractivity contribution in [3.63, 3.8) is 0 Å². The van der Waals surface area contributed by atoms with Gasteiger partial charge in [0.15, 0.2) is 0 Å². The lowest BCUT2D eigenvalue weighted by molar-refractivity contribution is -0.142. The Hall–Kier alpha value is -2.94. The maximum atomic E-state index is 12.1. The summed E-state index contributed by atoms with van der Waals surface area (Å²) in [5.74, 6) is -2.90. The molecule has 6 N–H and O–H groups in total. The van der Waals surface area contributed by atoms with Crippen molar-refractivity contribution in [3.8, 4) is 0 Å². The van der Waals surface area contributed by atoms with Crippen LogP contribution >= 0.6 is 0 Å². The minimum atomic E-state index is -1.18. The second-order valence-electron chi connectivity index (χ2n) is 5.36. The van der Waals surface area contributed by atoms with Gasteiger partial charge in [0.1, 0.15) is 12.1 Å². The highest BCUT2D eigenvalue weighted by Crippen LogP contribution is 2.04. The highest BCUT2D eigenvalue weighted by Gasteiger charge is 2.24. The second-order valence-corrected chi connectivity index (χ2v) is 5.36. The van der Waals surface area contributed by atoms with Crippen LogP contribution in [0.3, 0.4) is 0 Å². The van der Waals surface area contributed by atoms with Crippen LogP contribution in [0, 0.1) is 0 Å². The zero-order chi connectivity index (χ0) is 18.8. The third kappa shape index (κ3) is 7.44. The van der Waals surface area contributed by atoms with E-state index in [1.54, 1.807) is 30.3 Å². The number of nitrogens with two attached hydrogens (primary N) is 1. The lowest BCUT2D eigenvalue weighted by atomic mass is 10.1. The fourth-order valence-corrected chi connectivity index (χ4v) is 1.96. The first-order valence-corrected chi connectivity index (χ1v) is 7.66. The van der Waals surface area contributed by atoms with E-state index in [0.29, 0.717) is 0 Å². The number of hydrogen-bond donors (Lipinski definition) is 5. The van der Waals surface area contributed by atoms with Crippen molar-refractivity contribution in [2.75, 3.05) is 13.1 Å². The van der Waals surface area contributed by atoms with E-state index in [4.69, 9.17) is 5.73 Å². The molecular formula is C16H22N4O5. The number of carbonyl (C=O) groups is 4. The predicted octanol–water partition coefficient (Wildman–Crippen LogP) is -1.62. The summed E-state index contributed by atoms with van der Waals surface area (Å²) in [4.78, 5) is 46.0. The van der Waals surface area contributed by atoms with Gasteiger partial charge in [0.2, 0.25) is 17.7 Å². The number of carbonyl (C=O) groups excluding carboxylic acids is 3. The molecule has 0 bridgehead atoms. The summed E-state index contributed by atoms with van der Waals surface area (Å²) in [5, 5.41) is 16.3. The summed E-state index contributed by atoms with van der Waals surface area (Å²) in [6.45, 7) is 0.850. The molecule has 0 saturated heterocycles. The van der Waals surface area contributed by atoms with E-state index in [2.05, 4.69) is 16.0 Å². The van der Waals surface area contributed by atoms with Crippen molar-refractivity contribution in [2.45, 2.75) is 25.4 Å². The van der Waals surface area contributed by atoms with Gasteiger partial charge in [-0.2, -0.15) is 0 Å². The SMILES string of the molecule is CC(NC(=O)CNC(=O)CN)C(=O)NC(Cc1ccccc1)C(=O)O. The molecule has 0 aliphatic heterocycles. The lowest BCUT2D eigenvalue weighted by Gasteiger charge is -2.19. The molecule has 0 saturated carbocycles. The van der Waals surface area contributed by atoms with Gasteiger partial charge < -0.3 is 26.8 Å². The number of carboxylic acids is 1. The van der Waals surface area contributed by atoms with E-state index in [-0.39, 0.29) is 19.5 Å². The maximum absolute atomic E-state index is 12.1. The number of nitrogens with one attached hydrogen (secondary N) is 3. The van der Waals surface area contributed by atoms with Gasteiger partial charge in [0.05, 0.1) is 13.1 Å². The molecule has 0 radical (unpaired) electrons. The molecule has 1 aromatic carbocycles. The molecule has 9 nitrogen and oxygen atoms in total. The van der Waals surface area contributed by atoms with Crippen LogP contribution in [-0.4, -0.2) is 54.0 Å². The summed E-state index contributed by atoms with van der Waals surface area (Å²) < 4.78 is 0. The average Bonchev–Trinajstić information content (AvgIpc) is 2.59. The van der Waals surface area contributed by atoms with E-state index in [9.17, 15) is 24.3 Å². The number of hydrogen-bond acceptors (Lipinski definition) is 5. The average molecular weight is 350 g/mol. The van der Waals surface area contributed by atoms with E-state index >= 15 is 0 Å². The van der Waals surface area contributed by atoms with Crippen molar-refractivity contribution in [1.82, 2.24) is 16.0 Å². The van der Waals surface area contributed by atoms with E-state index in [1.165, 1.54) is 6.92 Å². The van der Waals surface area contributed by atoms with Gasteiger partial charge in [0, 0.05) is 6.42 Å². The molecular weight excluding hydrogens is 328 g/mol. The Labute approximate surface area is 145 Å². The monoisotopic (exact) mass is 350 g/mol. The van der Waals surface area contributed by atoms with Crippen molar-refractivity contribution >= 4 is 23.7 Å². The first-order valence-electron chi connectivity index (χ1n) is 7.66. The first-order chi connectivity index (χ1) is 11.8. The summed E-state index contributed by atoms with van der Waals surface area (Å²) in [6, 6.07) is 6.79. The Morgan fingerprint density at radius 1 is 1.08 bits per heavy atom. The zero-order valence-corrected chi connectivity index (χ0v) is 13.8. The van der Waals surface area contributed by atoms with Crippen molar-refractivity contribution in [2.24, 2.45) is 5.73 Å². The van der Waals surface area contributed by atoms with Crippen LogP contribution in [0.25, 0.3) is 0 Å². The van der Waals surface area contributed by atoms with Crippen molar-refractivity contribution in [1.29, 1.82) is 0 Å². The summed E-state index contributed by atoms with van der Waals surface area (Å²) >= 11 is 0. The molecule has 9 heteroatoms. The van der Waals surface area contributed by atoms with Crippen LogP contribution in [-0.2, 0) is 25.6 Å². The van der Waals surface area contributed by atoms with Crippen LogP contribution in [0.2, 0.25) is 0 Å². The third-order valence-electron chi connectivity index (χ3n) is 3.30. The highest BCUT2D eigenvalue weighted by atomic mass is 16.4. The minimum Gasteiger partial charge on any atom is -0.480 e. The van der Waals surface area contributed by atoms with Gasteiger partial charge in [-0.05, 0) is 12.5 Å². The number of carboxylic acid groups (broad SMARTS) is 1. The molecule has 0 aliphatic carbocycles. The Morgan fingerprint density at radius 3 is 2.28 bits per heavy atom. The molecule has 0 aliphatic rings. The van der Waals surface area contributed by atoms with E-state index in [0.717, 1.165) is 5.56 Å². The largest absolute Gasteiger partial charge is 0.480 e. The van der Waals surface area contributed by atoms with Crippen LogP contribution < -0.4 is 21.7 Å². The number of benzene rings is 1.